The molecule has 3 heterocycles. The second-order valence-corrected chi connectivity index (χ2v) is 6.46. The zero-order chi connectivity index (χ0) is 18.6. The second kappa shape index (κ2) is 5.85. The molecule has 138 valence electrons. The van der Waals surface area contributed by atoms with E-state index in [9.17, 15) is 14.7 Å². The van der Waals surface area contributed by atoms with Crippen molar-refractivity contribution in [2.45, 2.75) is 18.9 Å². The zero-order valence-corrected chi connectivity index (χ0v) is 13.8. The smallest absolute Gasteiger partial charge is 0.341 e. The number of nitrogens with zero attached hydrogens (tertiary/aromatic N) is 2. The van der Waals surface area contributed by atoms with Crippen LogP contribution in [0.1, 0.15) is 22.3 Å². The Bertz CT molecular complexity index is 989. The van der Waals surface area contributed by atoms with Gasteiger partial charge in [0.05, 0.1) is 22.8 Å². The van der Waals surface area contributed by atoms with E-state index >= 15 is 4.39 Å². The van der Waals surface area contributed by atoms with Gasteiger partial charge < -0.3 is 26.0 Å². The number of hydrazine groups is 1. The van der Waals surface area contributed by atoms with E-state index in [0.717, 1.165) is 12.6 Å². The molecule has 1 fully saturated rings. The maximum atomic E-state index is 15.3. The van der Waals surface area contributed by atoms with Crippen molar-refractivity contribution < 1.29 is 19.1 Å². The number of aromatic nitrogens is 1. The number of hydrogen-bond acceptors (Lipinski definition) is 7. The van der Waals surface area contributed by atoms with Crippen LogP contribution in [0.15, 0.2) is 11.0 Å². The third-order valence-corrected chi connectivity index (χ3v) is 4.92. The summed E-state index contributed by atoms with van der Waals surface area (Å²) in [6.45, 7) is 1.29. The van der Waals surface area contributed by atoms with E-state index in [1.165, 1.54) is 4.73 Å². The van der Waals surface area contributed by atoms with E-state index < -0.39 is 22.8 Å². The van der Waals surface area contributed by atoms with Gasteiger partial charge >= 0.3 is 5.97 Å². The van der Waals surface area contributed by atoms with E-state index in [-0.39, 0.29) is 23.7 Å². The molecule has 9 nitrogen and oxygen atoms in total. The minimum absolute atomic E-state index is 0.0667. The number of carbonyl (C=O) groups is 1. The lowest BCUT2D eigenvalue weighted by Crippen LogP contribution is -2.33. The lowest BCUT2D eigenvalue weighted by Gasteiger charge is -2.29. The highest BCUT2D eigenvalue weighted by atomic mass is 19.1. The second-order valence-electron chi connectivity index (χ2n) is 6.46. The Hall–Kier alpha value is -2.85. The van der Waals surface area contributed by atoms with Crippen LogP contribution in [-0.2, 0) is 6.42 Å². The summed E-state index contributed by atoms with van der Waals surface area (Å²) >= 11 is 0. The first-order valence-electron chi connectivity index (χ1n) is 8.21. The predicted molar refractivity (Wildman–Crippen MR) is 92.9 cm³/mol. The molecule has 1 aromatic carbocycles. The van der Waals surface area contributed by atoms with Crippen LogP contribution in [0, 0.1) is 5.82 Å². The Morgan fingerprint density at radius 1 is 1.46 bits per heavy atom. The summed E-state index contributed by atoms with van der Waals surface area (Å²) < 4.78 is 16.6. The predicted octanol–water partition coefficient (Wildman–Crippen LogP) is -0.353. The third-order valence-electron chi connectivity index (χ3n) is 4.92. The van der Waals surface area contributed by atoms with Crippen LogP contribution >= 0.6 is 0 Å². The van der Waals surface area contributed by atoms with Crippen LogP contribution < -0.4 is 32.2 Å². The minimum Gasteiger partial charge on any atom is -0.477 e. The normalized spacial score (nSPS) is 18.9. The van der Waals surface area contributed by atoms with Crippen molar-refractivity contribution in [3.63, 3.8) is 0 Å². The first-order valence-corrected chi connectivity index (χ1v) is 8.21. The largest absolute Gasteiger partial charge is 0.477 e. The van der Waals surface area contributed by atoms with Gasteiger partial charge in [0.15, 0.2) is 5.82 Å². The number of halogens is 1. The molecular formula is C16H18FN5O4. The van der Waals surface area contributed by atoms with Crippen LogP contribution in [0.25, 0.3) is 10.9 Å². The molecule has 2 aliphatic heterocycles. The molecule has 0 amide bonds. The van der Waals surface area contributed by atoms with Gasteiger partial charge in [-0.2, -0.15) is 4.73 Å². The fraction of sp³-hybridized carbons (Fsp3) is 0.375. The number of carboxylic acids is 1. The van der Waals surface area contributed by atoms with E-state index in [2.05, 4.69) is 5.43 Å². The minimum atomic E-state index is -1.42. The molecule has 1 atom stereocenters. The lowest BCUT2D eigenvalue weighted by atomic mass is 9.99. The lowest BCUT2D eigenvalue weighted by molar-refractivity contribution is 0.0685. The molecular weight excluding hydrogens is 345 g/mol. The molecule has 0 spiro atoms. The van der Waals surface area contributed by atoms with Gasteiger partial charge in [-0.1, -0.05) is 0 Å². The Labute approximate surface area is 146 Å². The van der Waals surface area contributed by atoms with Crippen molar-refractivity contribution in [1.82, 2.24) is 4.73 Å². The quantitative estimate of drug-likeness (QED) is 0.429. The number of anilines is 2. The summed E-state index contributed by atoms with van der Waals surface area (Å²) in [5.74, 6) is 3.39. The molecule has 2 aliphatic rings. The molecule has 1 aromatic heterocycles. The van der Waals surface area contributed by atoms with Crippen molar-refractivity contribution in [1.29, 1.82) is 0 Å². The number of nitrogens with one attached hydrogen (secondary N) is 1. The van der Waals surface area contributed by atoms with Crippen molar-refractivity contribution >= 4 is 28.2 Å². The highest BCUT2D eigenvalue weighted by molar-refractivity contribution is 6.02. The van der Waals surface area contributed by atoms with Gasteiger partial charge in [0.25, 0.3) is 0 Å². The maximum Gasteiger partial charge on any atom is 0.341 e. The van der Waals surface area contributed by atoms with E-state index in [4.69, 9.17) is 16.4 Å². The fourth-order valence-corrected chi connectivity index (χ4v) is 3.77. The van der Waals surface area contributed by atoms with Crippen molar-refractivity contribution in [2.75, 3.05) is 30.0 Å². The number of carboxylic acid groups (broad SMARTS) is 1. The van der Waals surface area contributed by atoms with Crippen LogP contribution in [0.2, 0.25) is 0 Å². The Kier molecular flexibility index (Phi) is 3.74. The molecule has 0 aliphatic carbocycles. The number of hydrogen-bond donors (Lipinski definition) is 4. The summed E-state index contributed by atoms with van der Waals surface area (Å²) in [6.07, 6.45) is 2.22. The van der Waals surface area contributed by atoms with Gasteiger partial charge in [0, 0.05) is 31.1 Å². The van der Waals surface area contributed by atoms with Crippen LogP contribution in [0.5, 0.6) is 0 Å². The molecule has 26 heavy (non-hydrogen) atoms. The first-order chi connectivity index (χ1) is 12.4. The highest BCUT2D eigenvalue weighted by Gasteiger charge is 2.32. The molecule has 1 unspecified atom stereocenters. The van der Waals surface area contributed by atoms with Crippen molar-refractivity contribution in [3.05, 3.63) is 33.4 Å². The van der Waals surface area contributed by atoms with Crippen LogP contribution in [-0.4, -0.2) is 41.5 Å². The standard InChI is InChI=1S/C16H18FN5O4/c17-11-12(20-19)10-13-8(14(11)21-3-1-7(18)5-21)2-4-26-22(13)6-9(15(10)23)16(24)25/h6-7,20H,1-5,18-19H2,(H,24,25). The Morgan fingerprint density at radius 2 is 2.23 bits per heavy atom. The molecule has 1 saturated heterocycles. The SMILES string of the molecule is NNc1c(F)c(N2CCC(N)C2)c2c3c1c(=O)c(C(=O)O)cn3OCC2. The number of benzene rings is 1. The first kappa shape index (κ1) is 16.6. The molecule has 4 rings (SSSR count). The summed E-state index contributed by atoms with van der Waals surface area (Å²) in [7, 11) is 0. The van der Waals surface area contributed by atoms with Gasteiger partial charge in [0.2, 0.25) is 5.43 Å². The molecule has 10 heteroatoms. The summed E-state index contributed by atoms with van der Waals surface area (Å²) in [5, 5.41) is 9.15. The number of rotatable bonds is 3. The van der Waals surface area contributed by atoms with Crippen LogP contribution in [0.3, 0.4) is 0 Å². The maximum absolute atomic E-state index is 15.3. The molecule has 0 saturated carbocycles. The topological polar surface area (TPSA) is 136 Å². The average molecular weight is 363 g/mol. The Balaban J connectivity index is 2.13. The third kappa shape index (κ3) is 2.22. The molecule has 2 aromatic rings. The van der Waals surface area contributed by atoms with Gasteiger partial charge in [-0.15, -0.1) is 0 Å². The van der Waals surface area contributed by atoms with Crippen molar-refractivity contribution in [2.24, 2.45) is 11.6 Å². The number of pyridine rings is 1. The van der Waals surface area contributed by atoms with E-state index in [0.29, 0.717) is 36.3 Å². The summed E-state index contributed by atoms with van der Waals surface area (Å²) in [4.78, 5) is 31.4. The van der Waals surface area contributed by atoms with Gasteiger partial charge in [-0.25, -0.2) is 9.18 Å². The number of aromatic carboxylic acids is 1. The fourth-order valence-electron chi connectivity index (χ4n) is 3.77. The van der Waals surface area contributed by atoms with Crippen LogP contribution in [0.4, 0.5) is 15.8 Å². The van der Waals surface area contributed by atoms with E-state index in [1.807, 2.05) is 4.90 Å². The monoisotopic (exact) mass is 363 g/mol. The van der Waals surface area contributed by atoms with Gasteiger partial charge in [-0.3, -0.25) is 10.6 Å². The molecule has 0 radical (unpaired) electrons. The molecule has 0 bridgehead atoms. The summed E-state index contributed by atoms with van der Waals surface area (Å²) in [5.41, 5.74) is 7.86. The zero-order valence-electron chi connectivity index (χ0n) is 13.8. The van der Waals surface area contributed by atoms with Crippen molar-refractivity contribution in [3.8, 4) is 0 Å². The number of nitrogen functional groups attached to an aromatic ring is 1. The average Bonchev–Trinajstić information content (AvgIpc) is 3.03. The number of nitrogens with two attached hydrogens (primary N) is 2. The van der Waals surface area contributed by atoms with E-state index in [1.54, 1.807) is 0 Å². The van der Waals surface area contributed by atoms with Gasteiger partial charge in [-0.05, 0) is 6.42 Å². The molecule has 6 N–H and O–H groups in total. The summed E-state index contributed by atoms with van der Waals surface area (Å²) in [6, 6.07) is -0.0667. The van der Waals surface area contributed by atoms with Gasteiger partial charge in [0.1, 0.15) is 17.9 Å². The Morgan fingerprint density at radius 3 is 2.85 bits per heavy atom. The highest BCUT2D eigenvalue weighted by Crippen LogP contribution is 2.39.